The predicted molar refractivity (Wildman–Crippen MR) is 83.0 cm³/mol. The topological polar surface area (TPSA) is 43.3 Å². The largest absolute Gasteiger partial charge is 0.469 e. The Balaban J connectivity index is 1.95. The molecule has 3 aromatic rings. The van der Waals surface area contributed by atoms with Gasteiger partial charge in [-0.25, -0.2) is 0 Å². The van der Waals surface area contributed by atoms with Gasteiger partial charge in [0.2, 0.25) is 0 Å². The lowest BCUT2D eigenvalue weighted by molar-refractivity contribution is 0.507. The number of allylic oxidation sites excluding steroid dienone is 2. The highest BCUT2D eigenvalue weighted by Gasteiger charge is 2.10. The van der Waals surface area contributed by atoms with E-state index >= 15 is 0 Å². The average Bonchev–Trinajstić information content (AvgIpc) is 3.18. The van der Waals surface area contributed by atoms with E-state index in [9.17, 15) is 0 Å². The molecule has 0 aliphatic heterocycles. The highest BCUT2D eigenvalue weighted by Crippen LogP contribution is 2.23. The highest BCUT2D eigenvalue weighted by molar-refractivity contribution is 5.75. The lowest BCUT2D eigenvalue weighted by Gasteiger charge is -2.09. The summed E-state index contributed by atoms with van der Waals surface area (Å²) >= 11 is 0. The lowest BCUT2D eigenvalue weighted by atomic mass is 10.0. The molecule has 0 aliphatic rings. The first-order valence-electron chi connectivity index (χ1n) is 7.33. The lowest BCUT2D eigenvalue weighted by Crippen LogP contribution is -2.01. The normalized spacial score (nSPS) is 12.2. The van der Waals surface area contributed by atoms with Gasteiger partial charge in [0.25, 0.3) is 0 Å². The van der Waals surface area contributed by atoms with Crippen LogP contribution in [0.15, 0.2) is 47.3 Å². The van der Waals surface area contributed by atoms with Crippen molar-refractivity contribution in [2.45, 2.75) is 33.1 Å². The predicted octanol–water partition coefficient (Wildman–Crippen LogP) is 3.92. The van der Waals surface area contributed by atoms with Crippen LogP contribution >= 0.6 is 0 Å². The molecular weight excluding hydrogens is 262 g/mol. The van der Waals surface area contributed by atoms with Gasteiger partial charge in [-0.05, 0) is 49.6 Å². The molecule has 108 valence electrons. The monoisotopic (exact) mass is 281 g/mol. The summed E-state index contributed by atoms with van der Waals surface area (Å²) in [6, 6.07) is 8.24. The minimum absolute atomic E-state index is 0.879. The van der Waals surface area contributed by atoms with Crippen LogP contribution in [0.5, 0.6) is 0 Å². The number of furan rings is 1. The first kappa shape index (κ1) is 13.6. The molecule has 0 saturated carbocycles. The molecule has 0 fully saturated rings. The molecule has 0 spiro atoms. The molecule has 21 heavy (non-hydrogen) atoms. The van der Waals surface area contributed by atoms with Crippen LogP contribution in [0.2, 0.25) is 0 Å². The van der Waals surface area contributed by atoms with Crippen molar-refractivity contribution in [3.05, 3.63) is 59.9 Å². The van der Waals surface area contributed by atoms with Crippen LogP contribution in [0.25, 0.3) is 11.2 Å². The van der Waals surface area contributed by atoms with Crippen molar-refractivity contribution in [1.29, 1.82) is 0 Å². The van der Waals surface area contributed by atoms with Crippen LogP contribution in [0.4, 0.5) is 0 Å². The number of hydrogen-bond acceptors (Lipinski definition) is 3. The second-order valence-electron chi connectivity index (χ2n) is 5.01. The van der Waals surface area contributed by atoms with Gasteiger partial charge >= 0.3 is 0 Å². The zero-order valence-electron chi connectivity index (χ0n) is 12.4. The number of rotatable bonds is 5. The summed E-state index contributed by atoms with van der Waals surface area (Å²) < 4.78 is 7.48. The van der Waals surface area contributed by atoms with Crippen molar-refractivity contribution >= 4 is 11.2 Å². The Kier molecular flexibility index (Phi) is 3.86. The smallest absolute Gasteiger partial charge is 0.168 e. The molecule has 0 unspecified atom stereocenters. The number of pyridine rings is 1. The van der Waals surface area contributed by atoms with E-state index in [4.69, 9.17) is 4.42 Å². The third kappa shape index (κ3) is 2.61. The molecule has 0 amide bonds. The van der Waals surface area contributed by atoms with Gasteiger partial charge in [-0.2, -0.15) is 0 Å². The molecule has 3 aromatic heterocycles. The van der Waals surface area contributed by atoms with E-state index in [-0.39, 0.29) is 0 Å². The van der Waals surface area contributed by atoms with Gasteiger partial charge in [-0.15, -0.1) is 10.2 Å². The maximum atomic E-state index is 5.40. The van der Waals surface area contributed by atoms with Gasteiger partial charge in [-0.3, -0.25) is 4.40 Å². The Morgan fingerprint density at radius 1 is 1.29 bits per heavy atom. The number of aromatic nitrogens is 3. The molecule has 0 N–H and O–H groups in total. The zero-order valence-corrected chi connectivity index (χ0v) is 12.4. The van der Waals surface area contributed by atoms with Gasteiger partial charge in [0.05, 0.1) is 6.26 Å². The molecule has 3 heterocycles. The van der Waals surface area contributed by atoms with E-state index < -0.39 is 0 Å². The van der Waals surface area contributed by atoms with Gasteiger partial charge in [0.1, 0.15) is 12.1 Å². The SMILES string of the molecule is CC=C(CC)c1ccc(CCc2ccco2)n2cnnc12. The minimum Gasteiger partial charge on any atom is -0.469 e. The number of hydrogen-bond donors (Lipinski definition) is 0. The van der Waals surface area contributed by atoms with Crippen molar-refractivity contribution in [1.82, 2.24) is 14.6 Å². The van der Waals surface area contributed by atoms with E-state index in [1.54, 1.807) is 12.6 Å². The Morgan fingerprint density at radius 2 is 2.19 bits per heavy atom. The van der Waals surface area contributed by atoms with Gasteiger partial charge in [0.15, 0.2) is 5.65 Å². The van der Waals surface area contributed by atoms with E-state index in [0.717, 1.165) is 30.7 Å². The fraction of sp³-hybridized carbons (Fsp3) is 0.294. The number of fused-ring (bicyclic) bond motifs is 1. The van der Waals surface area contributed by atoms with Crippen molar-refractivity contribution in [3.8, 4) is 0 Å². The van der Waals surface area contributed by atoms with Crippen LogP contribution in [0, 0.1) is 0 Å². The maximum absolute atomic E-state index is 5.40. The molecule has 0 aromatic carbocycles. The first-order valence-corrected chi connectivity index (χ1v) is 7.33. The fourth-order valence-corrected chi connectivity index (χ4v) is 2.67. The molecule has 0 saturated heterocycles. The fourth-order valence-electron chi connectivity index (χ4n) is 2.67. The molecule has 0 radical (unpaired) electrons. The summed E-state index contributed by atoms with van der Waals surface area (Å²) in [4.78, 5) is 0. The summed E-state index contributed by atoms with van der Waals surface area (Å²) in [6.07, 6.45) is 8.42. The molecular formula is C17H19N3O. The van der Waals surface area contributed by atoms with Crippen molar-refractivity contribution in [2.24, 2.45) is 0 Å². The third-order valence-corrected chi connectivity index (χ3v) is 3.82. The van der Waals surface area contributed by atoms with Crippen LogP contribution in [-0.2, 0) is 12.8 Å². The summed E-state index contributed by atoms with van der Waals surface area (Å²) in [5, 5.41) is 8.37. The van der Waals surface area contributed by atoms with Crippen LogP contribution in [0.1, 0.15) is 37.3 Å². The van der Waals surface area contributed by atoms with E-state index in [1.165, 1.54) is 16.8 Å². The van der Waals surface area contributed by atoms with Gasteiger partial charge in [-0.1, -0.05) is 13.0 Å². The molecule has 3 rings (SSSR count). The van der Waals surface area contributed by atoms with Crippen molar-refractivity contribution in [3.63, 3.8) is 0 Å². The minimum atomic E-state index is 0.879. The Bertz CT molecular complexity index is 754. The number of nitrogens with zero attached hydrogens (tertiary/aromatic N) is 3. The molecule has 4 nitrogen and oxygen atoms in total. The van der Waals surface area contributed by atoms with E-state index in [1.807, 2.05) is 12.1 Å². The summed E-state index contributed by atoms with van der Waals surface area (Å²) in [5.74, 6) is 1.00. The van der Waals surface area contributed by atoms with Gasteiger partial charge < -0.3 is 4.42 Å². The zero-order chi connectivity index (χ0) is 14.7. The van der Waals surface area contributed by atoms with Crippen LogP contribution in [-0.4, -0.2) is 14.6 Å². The maximum Gasteiger partial charge on any atom is 0.168 e. The van der Waals surface area contributed by atoms with Crippen molar-refractivity contribution < 1.29 is 4.42 Å². The Labute approximate surface area is 124 Å². The third-order valence-electron chi connectivity index (χ3n) is 3.82. The Hall–Kier alpha value is -2.36. The average molecular weight is 281 g/mol. The summed E-state index contributed by atoms with van der Waals surface area (Å²) in [5.41, 5.74) is 4.59. The standard InChI is InChI=1S/C17H19N3O/c1-3-13(4-2)16-10-8-14(20-12-18-19-17(16)20)7-9-15-6-5-11-21-15/h3,5-6,8,10-12H,4,7,9H2,1-2H3. The van der Waals surface area contributed by atoms with E-state index in [0.29, 0.717) is 0 Å². The first-order chi connectivity index (χ1) is 10.3. The van der Waals surface area contributed by atoms with Crippen LogP contribution in [0.3, 0.4) is 0 Å². The summed E-state index contributed by atoms with van der Waals surface area (Å²) in [7, 11) is 0. The molecule has 0 bridgehead atoms. The molecule has 0 atom stereocenters. The van der Waals surface area contributed by atoms with E-state index in [2.05, 4.69) is 46.7 Å². The highest BCUT2D eigenvalue weighted by atomic mass is 16.3. The molecule has 4 heteroatoms. The van der Waals surface area contributed by atoms with Gasteiger partial charge in [0, 0.05) is 17.7 Å². The molecule has 0 aliphatic carbocycles. The second-order valence-corrected chi connectivity index (χ2v) is 5.01. The van der Waals surface area contributed by atoms with Crippen LogP contribution < -0.4 is 0 Å². The summed E-state index contributed by atoms with van der Waals surface area (Å²) in [6.45, 7) is 4.23. The number of aryl methyl sites for hydroxylation is 2. The van der Waals surface area contributed by atoms with Crippen molar-refractivity contribution in [2.75, 3.05) is 0 Å². The quantitative estimate of drug-likeness (QED) is 0.712. The second kappa shape index (κ2) is 5.95. The Morgan fingerprint density at radius 3 is 2.90 bits per heavy atom.